The standard InChI is InChI=1S/C12H22ClNO3S/c1-12(2,3)10(4-6-13)14-11(15)9-5-7-18(16,17)8-9/h9-10H,4-8H2,1-3H3,(H,14,15). The fourth-order valence-corrected chi connectivity index (χ4v) is 4.08. The van der Waals surface area contributed by atoms with Gasteiger partial charge in [0, 0.05) is 11.9 Å². The van der Waals surface area contributed by atoms with Crippen molar-refractivity contribution in [3.63, 3.8) is 0 Å². The van der Waals surface area contributed by atoms with Crippen molar-refractivity contribution in [1.82, 2.24) is 5.32 Å². The summed E-state index contributed by atoms with van der Waals surface area (Å²) < 4.78 is 22.7. The molecule has 0 aromatic heterocycles. The maximum atomic E-state index is 12.0. The smallest absolute Gasteiger partial charge is 0.224 e. The lowest BCUT2D eigenvalue weighted by atomic mass is 9.85. The molecule has 2 atom stereocenters. The minimum absolute atomic E-state index is 0.0173. The van der Waals surface area contributed by atoms with E-state index in [0.29, 0.717) is 18.7 Å². The summed E-state index contributed by atoms with van der Waals surface area (Å²) in [5.74, 6) is 0.0407. The summed E-state index contributed by atoms with van der Waals surface area (Å²) in [7, 11) is -3.01. The van der Waals surface area contributed by atoms with Crippen LogP contribution in [0.3, 0.4) is 0 Å². The second-order valence-electron chi connectivity index (χ2n) is 6.00. The molecule has 0 saturated carbocycles. The lowest BCUT2D eigenvalue weighted by Crippen LogP contribution is -2.46. The van der Waals surface area contributed by atoms with Crippen molar-refractivity contribution < 1.29 is 13.2 Å². The third-order valence-corrected chi connectivity index (χ3v) is 5.35. The highest BCUT2D eigenvalue weighted by atomic mass is 35.5. The van der Waals surface area contributed by atoms with Crippen molar-refractivity contribution in [3.05, 3.63) is 0 Å². The van der Waals surface area contributed by atoms with E-state index in [9.17, 15) is 13.2 Å². The Bertz CT molecular complexity index is 400. The number of carbonyl (C=O) groups is 1. The Morgan fingerprint density at radius 3 is 2.44 bits per heavy atom. The highest BCUT2D eigenvalue weighted by Crippen LogP contribution is 2.24. The monoisotopic (exact) mass is 295 g/mol. The highest BCUT2D eigenvalue weighted by molar-refractivity contribution is 7.91. The first-order chi connectivity index (χ1) is 8.15. The Morgan fingerprint density at radius 1 is 1.44 bits per heavy atom. The summed E-state index contributed by atoms with van der Waals surface area (Å²) in [5, 5.41) is 2.95. The van der Waals surface area contributed by atoms with Gasteiger partial charge < -0.3 is 5.32 Å². The number of amides is 1. The quantitative estimate of drug-likeness (QED) is 0.801. The van der Waals surface area contributed by atoms with Crippen LogP contribution in [0.2, 0.25) is 0 Å². The Hall–Kier alpha value is -0.290. The Balaban J connectivity index is 2.63. The minimum Gasteiger partial charge on any atom is -0.353 e. The third kappa shape index (κ3) is 4.43. The van der Waals surface area contributed by atoms with E-state index < -0.39 is 15.8 Å². The van der Waals surface area contributed by atoms with Crippen molar-refractivity contribution in [2.75, 3.05) is 17.4 Å². The molecule has 6 heteroatoms. The molecular weight excluding hydrogens is 274 g/mol. The normalized spacial score (nSPS) is 24.8. The van der Waals surface area contributed by atoms with Gasteiger partial charge in [-0.3, -0.25) is 4.79 Å². The first-order valence-electron chi connectivity index (χ1n) is 6.22. The molecule has 1 saturated heterocycles. The molecule has 2 unspecified atom stereocenters. The Morgan fingerprint density at radius 2 is 2.06 bits per heavy atom. The Kier molecular flexibility index (Phi) is 5.06. The van der Waals surface area contributed by atoms with E-state index in [0.717, 1.165) is 0 Å². The van der Waals surface area contributed by atoms with Gasteiger partial charge in [0.15, 0.2) is 9.84 Å². The van der Waals surface area contributed by atoms with Gasteiger partial charge in [-0.15, -0.1) is 11.6 Å². The largest absolute Gasteiger partial charge is 0.353 e. The summed E-state index contributed by atoms with van der Waals surface area (Å²) in [6.07, 6.45) is 1.13. The molecule has 0 aromatic carbocycles. The summed E-state index contributed by atoms with van der Waals surface area (Å²) in [5.41, 5.74) is -0.0813. The molecule has 1 rings (SSSR count). The van der Waals surface area contributed by atoms with Gasteiger partial charge >= 0.3 is 0 Å². The predicted molar refractivity (Wildman–Crippen MR) is 73.5 cm³/mol. The van der Waals surface area contributed by atoms with Crippen LogP contribution < -0.4 is 5.32 Å². The van der Waals surface area contributed by atoms with E-state index in [2.05, 4.69) is 5.32 Å². The van der Waals surface area contributed by atoms with E-state index in [1.54, 1.807) is 0 Å². The van der Waals surface area contributed by atoms with Gasteiger partial charge in [-0.2, -0.15) is 0 Å². The van der Waals surface area contributed by atoms with Crippen LogP contribution >= 0.6 is 11.6 Å². The molecular formula is C12H22ClNO3S. The van der Waals surface area contributed by atoms with Crippen LogP contribution in [-0.2, 0) is 14.6 Å². The number of alkyl halides is 1. The number of sulfone groups is 1. The second kappa shape index (κ2) is 5.78. The molecule has 1 fully saturated rings. The fourth-order valence-electron chi connectivity index (χ4n) is 2.12. The van der Waals surface area contributed by atoms with Crippen molar-refractivity contribution in [2.45, 2.75) is 39.7 Å². The summed E-state index contributed by atoms with van der Waals surface area (Å²) >= 11 is 5.74. The zero-order valence-electron chi connectivity index (χ0n) is 11.2. The van der Waals surface area contributed by atoms with E-state index in [-0.39, 0.29) is 28.9 Å². The molecule has 0 aliphatic carbocycles. The average molecular weight is 296 g/mol. The number of nitrogens with one attached hydrogen (secondary N) is 1. The molecule has 0 spiro atoms. The van der Waals surface area contributed by atoms with E-state index in [1.165, 1.54) is 0 Å². The highest BCUT2D eigenvalue weighted by Gasteiger charge is 2.35. The summed E-state index contributed by atoms with van der Waals surface area (Å²) in [4.78, 5) is 12.0. The molecule has 1 amide bonds. The molecule has 4 nitrogen and oxygen atoms in total. The molecule has 1 aliphatic heterocycles. The van der Waals surface area contributed by atoms with E-state index in [1.807, 2.05) is 20.8 Å². The topological polar surface area (TPSA) is 63.2 Å². The third-order valence-electron chi connectivity index (χ3n) is 3.36. The molecule has 18 heavy (non-hydrogen) atoms. The SMILES string of the molecule is CC(C)(C)C(CCCl)NC(=O)C1CCS(=O)(=O)C1. The lowest BCUT2D eigenvalue weighted by molar-refractivity contribution is -0.125. The van der Waals surface area contributed by atoms with Crippen LogP contribution in [-0.4, -0.2) is 37.8 Å². The molecule has 0 aromatic rings. The number of halogens is 1. The maximum absolute atomic E-state index is 12.0. The molecule has 1 aliphatic rings. The van der Waals surface area contributed by atoms with Crippen LogP contribution in [0.5, 0.6) is 0 Å². The van der Waals surface area contributed by atoms with Crippen molar-refractivity contribution in [3.8, 4) is 0 Å². The van der Waals surface area contributed by atoms with Crippen LogP contribution in [0, 0.1) is 11.3 Å². The van der Waals surface area contributed by atoms with Gasteiger partial charge in [0.05, 0.1) is 17.4 Å². The van der Waals surface area contributed by atoms with Crippen LogP contribution in [0.1, 0.15) is 33.6 Å². The van der Waals surface area contributed by atoms with Gasteiger partial charge in [-0.05, 0) is 18.3 Å². The number of carbonyl (C=O) groups excluding carboxylic acids is 1. The first-order valence-corrected chi connectivity index (χ1v) is 8.58. The molecule has 1 N–H and O–H groups in total. The first kappa shape index (κ1) is 15.8. The average Bonchev–Trinajstić information content (AvgIpc) is 2.57. The van der Waals surface area contributed by atoms with E-state index >= 15 is 0 Å². The summed E-state index contributed by atoms with van der Waals surface area (Å²) in [6.45, 7) is 6.11. The lowest BCUT2D eigenvalue weighted by Gasteiger charge is -2.31. The maximum Gasteiger partial charge on any atom is 0.224 e. The van der Waals surface area contributed by atoms with Crippen LogP contribution in [0.25, 0.3) is 0 Å². The minimum atomic E-state index is -3.01. The van der Waals surface area contributed by atoms with Gasteiger partial charge in [0.2, 0.25) is 5.91 Å². The second-order valence-corrected chi connectivity index (χ2v) is 8.61. The predicted octanol–water partition coefficient (Wildman–Crippen LogP) is 1.58. The van der Waals surface area contributed by atoms with E-state index in [4.69, 9.17) is 11.6 Å². The number of rotatable bonds is 4. The van der Waals surface area contributed by atoms with Gasteiger partial charge in [0.25, 0.3) is 0 Å². The molecule has 1 heterocycles. The fraction of sp³-hybridized carbons (Fsp3) is 0.917. The van der Waals surface area contributed by atoms with Crippen LogP contribution in [0.4, 0.5) is 0 Å². The zero-order chi connectivity index (χ0) is 14.0. The zero-order valence-corrected chi connectivity index (χ0v) is 12.8. The number of hydrogen-bond acceptors (Lipinski definition) is 3. The van der Waals surface area contributed by atoms with Crippen molar-refractivity contribution in [1.29, 1.82) is 0 Å². The molecule has 0 radical (unpaired) electrons. The van der Waals surface area contributed by atoms with Crippen LogP contribution in [0.15, 0.2) is 0 Å². The number of hydrogen-bond donors (Lipinski definition) is 1. The van der Waals surface area contributed by atoms with Crippen molar-refractivity contribution >= 4 is 27.3 Å². The van der Waals surface area contributed by atoms with Gasteiger partial charge in [0.1, 0.15) is 0 Å². The van der Waals surface area contributed by atoms with Crippen molar-refractivity contribution in [2.24, 2.45) is 11.3 Å². The van der Waals surface area contributed by atoms with Gasteiger partial charge in [-0.25, -0.2) is 8.42 Å². The Labute approximate surface area is 114 Å². The van der Waals surface area contributed by atoms with Gasteiger partial charge in [-0.1, -0.05) is 20.8 Å². The summed E-state index contributed by atoms with van der Waals surface area (Å²) in [6, 6.07) is -0.0224. The molecule has 106 valence electrons. The molecule has 0 bridgehead atoms.